The maximum Gasteiger partial charge on any atom is 0.238 e. The number of benzene rings is 1. The number of hydrogen-bond donors (Lipinski definition) is 2. The van der Waals surface area contributed by atoms with E-state index >= 15 is 0 Å². The van der Waals surface area contributed by atoms with Gasteiger partial charge >= 0.3 is 0 Å². The van der Waals surface area contributed by atoms with Crippen molar-refractivity contribution in [3.05, 3.63) is 29.8 Å². The van der Waals surface area contributed by atoms with Crippen LogP contribution in [0.1, 0.15) is 5.56 Å². The lowest BCUT2D eigenvalue weighted by atomic mass is 10.1. The second-order valence-electron chi connectivity index (χ2n) is 3.97. The Kier molecular flexibility index (Phi) is 4.95. The fraction of sp³-hybridized carbons (Fsp3) is 0.417. The Bertz CT molecular complexity index is 350. The van der Waals surface area contributed by atoms with Crippen LogP contribution in [0.15, 0.2) is 24.3 Å². The van der Waals surface area contributed by atoms with E-state index in [1.165, 1.54) is 0 Å². The van der Waals surface area contributed by atoms with E-state index in [1.807, 2.05) is 50.3 Å². The van der Waals surface area contributed by atoms with Crippen molar-refractivity contribution >= 4 is 11.6 Å². The molecule has 0 unspecified atom stereocenters. The molecule has 0 aliphatic rings. The van der Waals surface area contributed by atoms with Gasteiger partial charge in [-0.15, -0.1) is 0 Å². The molecule has 0 saturated heterocycles. The molecule has 0 fully saturated rings. The molecular weight excluding hydrogens is 202 g/mol. The Morgan fingerprint density at radius 1 is 1.31 bits per heavy atom. The van der Waals surface area contributed by atoms with Crippen LogP contribution in [0.5, 0.6) is 0 Å². The zero-order valence-electron chi connectivity index (χ0n) is 10.1. The summed E-state index contributed by atoms with van der Waals surface area (Å²) in [4.78, 5) is 13.4. The number of para-hydroxylation sites is 1. The fourth-order valence-corrected chi connectivity index (χ4v) is 1.46. The van der Waals surface area contributed by atoms with Crippen molar-refractivity contribution in [1.29, 1.82) is 0 Å². The molecule has 1 aromatic carbocycles. The van der Waals surface area contributed by atoms with E-state index in [2.05, 4.69) is 10.6 Å². The lowest BCUT2D eigenvalue weighted by Gasteiger charge is -2.13. The molecule has 0 aliphatic heterocycles. The van der Waals surface area contributed by atoms with Crippen LogP contribution in [-0.4, -0.2) is 38.5 Å². The average molecular weight is 221 g/mol. The summed E-state index contributed by atoms with van der Waals surface area (Å²) in [5.74, 6) is 0.00792. The number of hydrogen-bond acceptors (Lipinski definition) is 3. The molecule has 0 atom stereocenters. The molecule has 0 heterocycles. The minimum absolute atomic E-state index is 0.00792. The lowest BCUT2D eigenvalue weighted by Crippen LogP contribution is -2.27. The number of anilines is 1. The molecule has 88 valence electrons. The Hall–Kier alpha value is -1.39. The van der Waals surface area contributed by atoms with Gasteiger partial charge in [0.2, 0.25) is 5.91 Å². The zero-order chi connectivity index (χ0) is 12.0. The number of amides is 1. The summed E-state index contributed by atoms with van der Waals surface area (Å²) in [5.41, 5.74) is 1.97. The third kappa shape index (κ3) is 4.00. The number of likely N-dealkylation sites (N-methyl/N-ethyl adjacent to an activating group) is 1. The molecule has 1 aromatic rings. The second kappa shape index (κ2) is 6.25. The van der Waals surface area contributed by atoms with Gasteiger partial charge in [-0.3, -0.25) is 4.79 Å². The molecule has 16 heavy (non-hydrogen) atoms. The van der Waals surface area contributed by atoms with E-state index in [9.17, 15) is 4.79 Å². The highest BCUT2D eigenvalue weighted by Gasteiger charge is 2.06. The predicted octanol–water partition coefficient (Wildman–Crippen LogP) is 0.906. The average Bonchev–Trinajstić information content (AvgIpc) is 2.20. The Labute approximate surface area is 96.6 Å². The third-order valence-corrected chi connectivity index (χ3v) is 2.12. The van der Waals surface area contributed by atoms with Crippen molar-refractivity contribution in [3.8, 4) is 0 Å². The van der Waals surface area contributed by atoms with Gasteiger partial charge in [-0.25, -0.2) is 0 Å². The summed E-state index contributed by atoms with van der Waals surface area (Å²) in [7, 11) is 5.64. The summed E-state index contributed by atoms with van der Waals surface area (Å²) in [6, 6.07) is 7.81. The molecule has 1 amide bonds. The van der Waals surface area contributed by atoms with Crippen molar-refractivity contribution < 1.29 is 4.79 Å². The van der Waals surface area contributed by atoms with E-state index in [4.69, 9.17) is 0 Å². The van der Waals surface area contributed by atoms with Crippen LogP contribution in [0.25, 0.3) is 0 Å². The number of nitrogens with zero attached hydrogens (tertiary/aromatic N) is 1. The van der Waals surface area contributed by atoms with E-state index in [1.54, 1.807) is 0 Å². The SMILES string of the molecule is CNCc1ccccc1NC(=O)CN(C)C. The standard InChI is InChI=1S/C12H19N3O/c1-13-8-10-6-4-5-7-11(10)14-12(16)9-15(2)3/h4-7,13H,8-9H2,1-3H3,(H,14,16). The van der Waals surface area contributed by atoms with E-state index in [0.717, 1.165) is 17.8 Å². The molecule has 0 aromatic heterocycles. The van der Waals surface area contributed by atoms with Gasteiger partial charge in [0, 0.05) is 12.2 Å². The largest absolute Gasteiger partial charge is 0.325 e. The van der Waals surface area contributed by atoms with Gasteiger partial charge in [0.05, 0.1) is 6.54 Å². The molecule has 0 spiro atoms. The first-order chi connectivity index (χ1) is 7.63. The van der Waals surface area contributed by atoms with E-state index in [-0.39, 0.29) is 5.91 Å². The summed E-state index contributed by atoms with van der Waals surface area (Å²) < 4.78 is 0. The minimum atomic E-state index is 0.00792. The normalized spacial score (nSPS) is 10.5. The number of carbonyl (C=O) groups is 1. The Balaban J connectivity index is 2.68. The molecule has 0 saturated carbocycles. The summed E-state index contributed by atoms with van der Waals surface area (Å²) in [6.07, 6.45) is 0. The van der Waals surface area contributed by atoms with Crippen molar-refractivity contribution in [3.63, 3.8) is 0 Å². The zero-order valence-corrected chi connectivity index (χ0v) is 10.1. The topological polar surface area (TPSA) is 44.4 Å². The first-order valence-electron chi connectivity index (χ1n) is 5.30. The number of rotatable bonds is 5. The fourth-order valence-electron chi connectivity index (χ4n) is 1.46. The van der Waals surface area contributed by atoms with E-state index in [0.29, 0.717) is 6.54 Å². The smallest absolute Gasteiger partial charge is 0.238 e. The van der Waals surface area contributed by atoms with Gasteiger partial charge in [-0.1, -0.05) is 18.2 Å². The van der Waals surface area contributed by atoms with Gasteiger partial charge in [0.15, 0.2) is 0 Å². The monoisotopic (exact) mass is 221 g/mol. The van der Waals surface area contributed by atoms with Crippen LogP contribution in [-0.2, 0) is 11.3 Å². The van der Waals surface area contributed by atoms with Gasteiger partial charge in [0.1, 0.15) is 0 Å². The van der Waals surface area contributed by atoms with Gasteiger partial charge in [-0.05, 0) is 32.8 Å². The van der Waals surface area contributed by atoms with Crippen molar-refractivity contribution in [2.75, 3.05) is 33.0 Å². The van der Waals surface area contributed by atoms with Crippen LogP contribution < -0.4 is 10.6 Å². The minimum Gasteiger partial charge on any atom is -0.325 e. The molecular formula is C12H19N3O. The Morgan fingerprint density at radius 3 is 2.62 bits per heavy atom. The molecule has 0 radical (unpaired) electrons. The highest BCUT2D eigenvalue weighted by Crippen LogP contribution is 2.14. The van der Waals surface area contributed by atoms with E-state index < -0.39 is 0 Å². The second-order valence-corrected chi connectivity index (χ2v) is 3.97. The van der Waals surface area contributed by atoms with Crippen molar-refractivity contribution in [2.45, 2.75) is 6.54 Å². The van der Waals surface area contributed by atoms with Crippen LogP contribution in [0.3, 0.4) is 0 Å². The van der Waals surface area contributed by atoms with Crippen LogP contribution >= 0.6 is 0 Å². The van der Waals surface area contributed by atoms with Gasteiger partial charge in [-0.2, -0.15) is 0 Å². The first kappa shape index (κ1) is 12.7. The first-order valence-corrected chi connectivity index (χ1v) is 5.30. The summed E-state index contributed by atoms with van der Waals surface area (Å²) in [5, 5.41) is 5.98. The number of carbonyl (C=O) groups excluding carboxylic acids is 1. The molecule has 4 heteroatoms. The van der Waals surface area contributed by atoms with Crippen molar-refractivity contribution in [2.24, 2.45) is 0 Å². The maximum atomic E-state index is 11.6. The van der Waals surface area contributed by atoms with Gasteiger partial charge < -0.3 is 15.5 Å². The van der Waals surface area contributed by atoms with Crippen LogP contribution in [0, 0.1) is 0 Å². The third-order valence-electron chi connectivity index (χ3n) is 2.12. The molecule has 0 aliphatic carbocycles. The Morgan fingerprint density at radius 2 is 2.00 bits per heavy atom. The maximum absolute atomic E-state index is 11.6. The number of nitrogens with one attached hydrogen (secondary N) is 2. The lowest BCUT2D eigenvalue weighted by molar-refractivity contribution is -0.116. The molecule has 2 N–H and O–H groups in total. The van der Waals surface area contributed by atoms with Gasteiger partial charge in [0.25, 0.3) is 0 Å². The summed E-state index contributed by atoms with van der Waals surface area (Å²) >= 11 is 0. The van der Waals surface area contributed by atoms with Crippen LogP contribution in [0.4, 0.5) is 5.69 Å². The molecule has 4 nitrogen and oxygen atoms in total. The highest BCUT2D eigenvalue weighted by molar-refractivity contribution is 5.92. The van der Waals surface area contributed by atoms with Crippen molar-refractivity contribution in [1.82, 2.24) is 10.2 Å². The summed E-state index contributed by atoms with van der Waals surface area (Å²) in [6.45, 7) is 1.15. The van der Waals surface area contributed by atoms with Crippen LogP contribution in [0.2, 0.25) is 0 Å². The molecule has 1 rings (SSSR count). The highest BCUT2D eigenvalue weighted by atomic mass is 16.2. The quantitative estimate of drug-likeness (QED) is 0.776. The predicted molar refractivity (Wildman–Crippen MR) is 66.4 cm³/mol. The molecule has 0 bridgehead atoms.